The number of rotatable bonds is 6. The second-order valence-electron chi connectivity index (χ2n) is 7.74. The van der Waals surface area contributed by atoms with Crippen LogP contribution >= 0.6 is 0 Å². The zero-order valence-corrected chi connectivity index (χ0v) is 17.6. The van der Waals surface area contributed by atoms with Crippen LogP contribution in [0.2, 0.25) is 0 Å². The first-order chi connectivity index (χ1) is 16.1. The van der Waals surface area contributed by atoms with Crippen LogP contribution in [-0.4, -0.2) is 32.4 Å². The number of fused-ring (bicyclic) bond motifs is 1. The lowest BCUT2D eigenvalue weighted by molar-refractivity contribution is 0.0642. The molecule has 5 rings (SSSR count). The number of carbonyl (C=O) groups excluding carboxylic acids is 3. The molecule has 2 heterocycles. The number of amides is 3. The van der Waals surface area contributed by atoms with Crippen molar-refractivity contribution in [3.63, 3.8) is 0 Å². The minimum Gasteiger partial charge on any atom is -0.348 e. The van der Waals surface area contributed by atoms with Gasteiger partial charge in [0.15, 0.2) is 0 Å². The molecule has 33 heavy (non-hydrogen) atoms. The molecule has 3 aromatic carbocycles. The Labute approximate surface area is 190 Å². The van der Waals surface area contributed by atoms with Gasteiger partial charge in [0.25, 0.3) is 17.7 Å². The number of hydrogen-bond acceptors (Lipinski definition) is 4. The Kier molecular flexibility index (Phi) is 5.28. The zero-order chi connectivity index (χ0) is 22.8. The van der Waals surface area contributed by atoms with Gasteiger partial charge >= 0.3 is 0 Å². The Morgan fingerprint density at radius 1 is 0.818 bits per heavy atom. The summed E-state index contributed by atoms with van der Waals surface area (Å²) in [5, 5.41) is 7.06. The maximum absolute atomic E-state index is 12.9. The molecule has 7 nitrogen and oxygen atoms in total. The molecule has 0 bridgehead atoms. The number of nitrogens with one attached hydrogen (secondary N) is 1. The molecule has 7 heteroatoms. The normalized spacial score (nSPS) is 12.7. The first-order valence-electron chi connectivity index (χ1n) is 10.5. The molecule has 0 unspecified atom stereocenters. The summed E-state index contributed by atoms with van der Waals surface area (Å²) < 4.78 is 1.76. The highest BCUT2D eigenvalue weighted by molar-refractivity contribution is 6.22. The van der Waals surface area contributed by atoms with E-state index < -0.39 is 0 Å². The molecule has 0 spiro atoms. The fourth-order valence-electron chi connectivity index (χ4n) is 3.81. The molecular weight excluding hydrogens is 416 g/mol. The van der Waals surface area contributed by atoms with E-state index in [0.29, 0.717) is 17.7 Å². The van der Waals surface area contributed by atoms with E-state index >= 15 is 0 Å². The largest absolute Gasteiger partial charge is 0.348 e. The van der Waals surface area contributed by atoms with Crippen molar-refractivity contribution in [2.75, 3.05) is 0 Å². The molecule has 0 radical (unpaired) electrons. The molecule has 0 aliphatic carbocycles. The number of aromatic nitrogens is 2. The maximum atomic E-state index is 12.9. The first-order valence-corrected chi connectivity index (χ1v) is 10.5. The molecule has 4 aromatic rings. The Hall–Kier alpha value is -4.52. The lowest BCUT2D eigenvalue weighted by atomic mass is 10.1. The lowest BCUT2D eigenvalue weighted by Gasteiger charge is -2.13. The summed E-state index contributed by atoms with van der Waals surface area (Å²) in [5.41, 5.74) is 3.64. The molecule has 0 atom stereocenters. The quantitative estimate of drug-likeness (QED) is 0.468. The number of hydrogen-bond donors (Lipinski definition) is 1. The van der Waals surface area contributed by atoms with Crippen molar-refractivity contribution in [3.8, 4) is 5.69 Å². The van der Waals surface area contributed by atoms with Crippen molar-refractivity contribution in [3.05, 3.63) is 119 Å². The van der Waals surface area contributed by atoms with Crippen LogP contribution in [-0.2, 0) is 13.1 Å². The Bertz CT molecular complexity index is 1330. The van der Waals surface area contributed by atoms with Crippen LogP contribution in [0.3, 0.4) is 0 Å². The average molecular weight is 436 g/mol. The molecule has 1 aliphatic heterocycles. The average Bonchev–Trinajstić information content (AvgIpc) is 3.47. The number of carbonyl (C=O) groups is 3. The van der Waals surface area contributed by atoms with E-state index in [1.54, 1.807) is 23.0 Å². The fourth-order valence-corrected chi connectivity index (χ4v) is 3.81. The summed E-state index contributed by atoms with van der Waals surface area (Å²) in [6.45, 7) is 0.533. The summed E-state index contributed by atoms with van der Waals surface area (Å²) in [6.07, 6.45) is 3.57. The topological polar surface area (TPSA) is 84.3 Å². The van der Waals surface area contributed by atoms with Gasteiger partial charge in [-0.15, -0.1) is 0 Å². The molecule has 0 saturated carbocycles. The van der Waals surface area contributed by atoms with E-state index in [0.717, 1.165) is 16.8 Å². The van der Waals surface area contributed by atoms with Gasteiger partial charge in [-0.25, -0.2) is 4.68 Å². The smallest absolute Gasteiger partial charge is 0.261 e. The molecule has 1 N–H and O–H groups in total. The highest BCUT2D eigenvalue weighted by atomic mass is 16.2. The van der Waals surface area contributed by atoms with Gasteiger partial charge in [-0.3, -0.25) is 19.3 Å². The van der Waals surface area contributed by atoms with E-state index in [9.17, 15) is 14.4 Å². The van der Waals surface area contributed by atoms with Crippen LogP contribution in [0.1, 0.15) is 42.2 Å². The monoisotopic (exact) mass is 436 g/mol. The third-order valence-electron chi connectivity index (χ3n) is 5.57. The Morgan fingerprint density at radius 3 is 2.30 bits per heavy atom. The molecule has 1 aromatic heterocycles. The highest BCUT2D eigenvalue weighted by Crippen LogP contribution is 2.25. The van der Waals surface area contributed by atoms with E-state index in [1.807, 2.05) is 66.9 Å². The van der Waals surface area contributed by atoms with E-state index in [1.165, 1.54) is 11.0 Å². The van der Waals surface area contributed by atoms with Crippen LogP contribution in [0.25, 0.3) is 5.69 Å². The summed E-state index contributed by atoms with van der Waals surface area (Å²) in [4.78, 5) is 39.5. The van der Waals surface area contributed by atoms with E-state index in [2.05, 4.69) is 10.4 Å². The summed E-state index contributed by atoms with van der Waals surface area (Å²) in [5.74, 6) is -1.04. The number of benzene rings is 3. The van der Waals surface area contributed by atoms with Crippen molar-refractivity contribution in [2.45, 2.75) is 13.1 Å². The lowest BCUT2D eigenvalue weighted by Crippen LogP contribution is -2.29. The van der Waals surface area contributed by atoms with Gasteiger partial charge < -0.3 is 5.32 Å². The van der Waals surface area contributed by atoms with Gasteiger partial charge in [0.1, 0.15) is 0 Å². The van der Waals surface area contributed by atoms with Crippen LogP contribution in [0, 0.1) is 0 Å². The van der Waals surface area contributed by atoms with Gasteiger partial charge in [0.2, 0.25) is 0 Å². The zero-order valence-electron chi connectivity index (χ0n) is 17.6. The predicted molar refractivity (Wildman–Crippen MR) is 122 cm³/mol. The van der Waals surface area contributed by atoms with Gasteiger partial charge in [0.05, 0.1) is 23.4 Å². The number of nitrogens with zero attached hydrogens (tertiary/aromatic N) is 3. The molecular formula is C26H20N4O3. The maximum Gasteiger partial charge on any atom is 0.261 e. The van der Waals surface area contributed by atoms with Crippen molar-refractivity contribution >= 4 is 17.7 Å². The van der Waals surface area contributed by atoms with Crippen LogP contribution in [0.15, 0.2) is 91.3 Å². The van der Waals surface area contributed by atoms with Crippen LogP contribution in [0.4, 0.5) is 0 Å². The van der Waals surface area contributed by atoms with Gasteiger partial charge in [-0.05, 0) is 47.5 Å². The van der Waals surface area contributed by atoms with Gasteiger partial charge in [0, 0.05) is 24.5 Å². The van der Waals surface area contributed by atoms with E-state index in [-0.39, 0.29) is 29.8 Å². The third-order valence-corrected chi connectivity index (χ3v) is 5.57. The van der Waals surface area contributed by atoms with Crippen LogP contribution in [0.5, 0.6) is 0 Å². The minimum absolute atomic E-state index is 0.198. The first kappa shape index (κ1) is 20.4. The molecule has 3 amide bonds. The summed E-state index contributed by atoms with van der Waals surface area (Å²) in [6, 6.07) is 23.5. The van der Waals surface area contributed by atoms with Gasteiger partial charge in [-0.2, -0.15) is 5.10 Å². The van der Waals surface area contributed by atoms with Crippen molar-refractivity contribution in [1.82, 2.24) is 20.0 Å². The Balaban J connectivity index is 1.26. The second-order valence-corrected chi connectivity index (χ2v) is 7.74. The molecule has 162 valence electrons. The fraction of sp³-hybridized carbons (Fsp3) is 0.0769. The Morgan fingerprint density at radius 2 is 1.58 bits per heavy atom. The molecule has 0 saturated heterocycles. The van der Waals surface area contributed by atoms with Crippen molar-refractivity contribution in [1.29, 1.82) is 0 Å². The van der Waals surface area contributed by atoms with Crippen LogP contribution < -0.4 is 5.32 Å². The molecule has 0 fully saturated rings. The van der Waals surface area contributed by atoms with Crippen molar-refractivity contribution in [2.24, 2.45) is 0 Å². The number of imide groups is 1. The SMILES string of the molecule is O=C(NCc1ccc(-n2cccn2)cc1)c1ccc2c(c1)C(=O)N(Cc1ccccc1)C2=O. The summed E-state index contributed by atoms with van der Waals surface area (Å²) >= 11 is 0. The molecule has 1 aliphatic rings. The minimum atomic E-state index is -0.386. The van der Waals surface area contributed by atoms with Gasteiger partial charge in [-0.1, -0.05) is 42.5 Å². The summed E-state index contributed by atoms with van der Waals surface area (Å²) in [7, 11) is 0. The highest BCUT2D eigenvalue weighted by Gasteiger charge is 2.35. The second kappa shape index (κ2) is 8.55. The predicted octanol–water partition coefficient (Wildman–Crippen LogP) is 3.60. The van der Waals surface area contributed by atoms with Crippen molar-refractivity contribution < 1.29 is 14.4 Å². The third kappa shape index (κ3) is 4.04. The van der Waals surface area contributed by atoms with E-state index in [4.69, 9.17) is 0 Å². The standard InChI is InChI=1S/C26H20N4O3/c31-24(27-16-18-7-10-21(11-8-18)30-14-4-13-28-30)20-9-12-22-23(15-20)26(33)29(25(22)32)17-19-5-2-1-3-6-19/h1-15H,16-17H2,(H,27,31).